The molecule has 168 valence electrons. The third kappa shape index (κ3) is 4.95. The minimum absolute atomic E-state index is 0.0127. The largest absolute Gasteiger partial charge is 0.416 e. The van der Waals surface area contributed by atoms with Crippen LogP contribution in [-0.2, 0) is 12.4 Å². The molecule has 12 heteroatoms. The van der Waals surface area contributed by atoms with Crippen LogP contribution in [0.15, 0.2) is 48.9 Å². The highest BCUT2D eigenvalue weighted by Gasteiger charge is 2.37. The Hall–Kier alpha value is -3.70. The molecule has 32 heavy (non-hydrogen) atoms. The molecule has 6 nitrogen and oxygen atoms in total. The van der Waals surface area contributed by atoms with Crippen molar-refractivity contribution in [2.24, 2.45) is 0 Å². The summed E-state index contributed by atoms with van der Waals surface area (Å²) in [7, 11) is 3.28. The van der Waals surface area contributed by atoms with Gasteiger partial charge in [-0.3, -0.25) is 9.78 Å². The molecule has 0 spiro atoms. The van der Waals surface area contributed by atoms with Crippen molar-refractivity contribution in [3.63, 3.8) is 0 Å². The molecule has 0 radical (unpaired) electrons. The highest BCUT2D eigenvalue weighted by Crippen LogP contribution is 2.37. The zero-order valence-electron chi connectivity index (χ0n) is 16.6. The van der Waals surface area contributed by atoms with E-state index in [0.717, 1.165) is 4.68 Å². The van der Waals surface area contributed by atoms with Crippen molar-refractivity contribution < 1.29 is 31.1 Å². The van der Waals surface area contributed by atoms with Crippen LogP contribution in [0.25, 0.3) is 11.8 Å². The maximum Gasteiger partial charge on any atom is 0.416 e. The molecule has 0 saturated heterocycles. The molecule has 0 aliphatic heterocycles. The molecule has 0 saturated carbocycles. The smallest absolute Gasteiger partial charge is 0.383 e. The number of nitrogens with zero attached hydrogens (tertiary/aromatic N) is 5. The van der Waals surface area contributed by atoms with E-state index in [4.69, 9.17) is 0 Å². The minimum Gasteiger partial charge on any atom is -0.383 e. The summed E-state index contributed by atoms with van der Waals surface area (Å²) >= 11 is 0. The molecule has 0 bridgehead atoms. The lowest BCUT2D eigenvalue weighted by Gasteiger charge is -2.15. The Morgan fingerprint density at radius 2 is 1.53 bits per heavy atom. The van der Waals surface area contributed by atoms with Crippen molar-refractivity contribution in [1.82, 2.24) is 24.9 Å². The summed E-state index contributed by atoms with van der Waals surface area (Å²) in [5, 5.41) is 7.42. The monoisotopic (exact) mass is 455 g/mol. The zero-order valence-corrected chi connectivity index (χ0v) is 16.6. The third-order valence-electron chi connectivity index (χ3n) is 4.21. The van der Waals surface area contributed by atoms with Crippen molar-refractivity contribution >= 4 is 11.9 Å². The van der Waals surface area contributed by atoms with E-state index in [9.17, 15) is 31.1 Å². The van der Waals surface area contributed by atoms with Crippen molar-refractivity contribution in [2.45, 2.75) is 12.4 Å². The summed E-state index contributed by atoms with van der Waals surface area (Å²) in [5.41, 5.74) is -3.74. The predicted octanol–water partition coefficient (Wildman–Crippen LogP) is 4.46. The number of benzene rings is 1. The van der Waals surface area contributed by atoms with E-state index in [-0.39, 0.29) is 23.0 Å². The minimum atomic E-state index is -5.04. The Balaban J connectivity index is 2.24. The molecule has 1 aromatic carbocycles. The van der Waals surface area contributed by atoms with Crippen LogP contribution < -0.4 is 0 Å². The number of hydrogen-bond donors (Lipinski definition) is 0. The van der Waals surface area contributed by atoms with E-state index in [2.05, 4.69) is 15.3 Å². The molecule has 0 atom stereocenters. The molecule has 0 fully saturated rings. The maximum atomic E-state index is 13.3. The first-order chi connectivity index (χ1) is 14.9. The molecule has 3 rings (SSSR count). The summed E-state index contributed by atoms with van der Waals surface area (Å²) < 4.78 is 80.4. The normalized spacial score (nSPS) is 12.4. The van der Waals surface area contributed by atoms with Gasteiger partial charge in [0.15, 0.2) is 5.69 Å². The summed E-state index contributed by atoms with van der Waals surface area (Å²) in [4.78, 5) is 18.2. The fourth-order valence-electron chi connectivity index (χ4n) is 2.71. The topological polar surface area (TPSA) is 63.9 Å². The summed E-state index contributed by atoms with van der Waals surface area (Å²) in [6.07, 6.45) is -4.58. The molecule has 0 amide bonds. The van der Waals surface area contributed by atoms with Crippen molar-refractivity contribution in [3.8, 4) is 5.69 Å². The van der Waals surface area contributed by atoms with E-state index in [1.54, 1.807) is 19.0 Å². The molecule has 2 aromatic heterocycles. The average Bonchev–Trinajstić information content (AvgIpc) is 3.14. The number of hydrogen-bond acceptors (Lipinski definition) is 5. The van der Waals surface area contributed by atoms with Crippen LogP contribution in [0.4, 0.5) is 26.3 Å². The molecule has 0 aliphatic rings. The van der Waals surface area contributed by atoms with Crippen LogP contribution in [0, 0.1) is 0 Å². The van der Waals surface area contributed by atoms with Gasteiger partial charge < -0.3 is 4.90 Å². The lowest BCUT2D eigenvalue weighted by atomic mass is 10.1. The van der Waals surface area contributed by atoms with Crippen LogP contribution in [0.3, 0.4) is 0 Å². The highest BCUT2D eigenvalue weighted by molar-refractivity contribution is 6.09. The van der Waals surface area contributed by atoms with E-state index < -0.39 is 35.0 Å². The SMILES string of the molecule is CN(C)C=Cc1c(C(=O)c2ccncc2)nnn1-c1cc(C(F)(F)F)cc(C(F)(F)F)c1. The second-order valence-electron chi connectivity index (χ2n) is 6.84. The number of ketones is 1. The second kappa shape index (κ2) is 8.44. The number of aromatic nitrogens is 4. The lowest BCUT2D eigenvalue weighted by Crippen LogP contribution is -2.13. The highest BCUT2D eigenvalue weighted by atomic mass is 19.4. The van der Waals surface area contributed by atoms with Crippen LogP contribution in [0.2, 0.25) is 0 Å². The van der Waals surface area contributed by atoms with Crippen LogP contribution in [0.5, 0.6) is 0 Å². The van der Waals surface area contributed by atoms with Crippen LogP contribution >= 0.6 is 0 Å². The molecule has 2 heterocycles. The number of rotatable bonds is 5. The Bertz CT molecular complexity index is 1120. The molecule has 0 unspecified atom stereocenters. The van der Waals surface area contributed by atoms with E-state index >= 15 is 0 Å². The molecule has 0 aliphatic carbocycles. The standard InChI is InChI=1S/C20H15F6N5O/c1-30(2)8-5-16-17(18(32)12-3-6-27-7-4-12)28-29-31(16)15-10-13(19(21,22)23)9-14(11-15)20(24,25)26/h3-11H,1-2H3. The van der Waals surface area contributed by atoms with Gasteiger partial charge in [-0.2, -0.15) is 26.3 Å². The van der Waals surface area contributed by atoms with Crippen molar-refractivity contribution in [2.75, 3.05) is 14.1 Å². The Labute approximate surface area is 177 Å². The Kier molecular flexibility index (Phi) is 6.06. The molecule has 3 aromatic rings. The van der Waals surface area contributed by atoms with Crippen LogP contribution in [0.1, 0.15) is 32.9 Å². The fourth-order valence-corrected chi connectivity index (χ4v) is 2.71. The van der Waals surface area contributed by atoms with Crippen molar-refractivity contribution in [3.05, 3.63) is 77.0 Å². The number of alkyl halides is 6. The summed E-state index contributed by atoms with van der Waals surface area (Å²) in [6.45, 7) is 0. The van der Waals surface area contributed by atoms with Gasteiger partial charge in [-0.15, -0.1) is 5.10 Å². The van der Waals surface area contributed by atoms with Gasteiger partial charge in [0.25, 0.3) is 0 Å². The van der Waals surface area contributed by atoms with Gasteiger partial charge in [0.1, 0.15) is 5.69 Å². The van der Waals surface area contributed by atoms with E-state index in [1.807, 2.05) is 0 Å². The van der Waals surface area contributed by atoms with E-state index in [0.29, 0.717) is 12.1 Å². The van der Waals surface area contributed by atoms with Gasteiger partial charge in [0.05, 0.1) is 16.8 Å². The molecular weight excluding hydrogens is 440 g/mol. The number of carbonyl (C=O) groups excluding carboxylic acids is 1. The van der Waals surface area contributed by atoms with Gasteiger partial charge >= 0.3 is 12.4 Å². The second-order valence-corrected chi connectivity index (χ2v) is 6.84. The Morgan fingerprint density at radius 1 is 0.969 bits per heavy atom. The lowest BCUT2D eigenvalue weighted by molar-refractivity contribution is -0.143. The van der Waals surface area contributed by atoms with Gasteiger partial charge in [0.2, 0.25) is 5.78 Å². The summed E-state index contributed by atoms with van der Waals surface area (Å²) in [6, 6.07) is 3.83. The number of pyridine rings is 1. The van der Waals surface area contributed by atoms with E-state index in [1.165, 1.54) is 36.8 Å². The zero-order chi connectivity index (χ0) is 23.7. The van der Waals surface area contributed by atoms with Gasteiger partial charge in [0, 0.05) is 38.3 Å². The van der Waals surface area contributed by atoms with Gasteiger partial charge in [-0.1, -0.05) is 5.21 Å². The first-order valence-corrected chi connectivity index (χ1v) is 8.93. The van der Waals surface area contributed by atoms with Crippen LogP contribution in [-0.4, -0.2) is 44.8 Å². The quantitative estimate of drug-likeness (QED) is 0.420. The van der Waals surface area contributed by atoms with Crippen molar-refractivity contribution in [1.29, 1.82) is 0 Å². The predicted molar refractivity (Wildman–Crippen MR) is 102 cm³/mol. The fraction of sp³-hybridized carbons (Fsp3) is 0.200. The first-order valence-electron chi connectivity index (χ1n) is 8.93. The third-order valence-corrected chi connectivity index (χ3v) is 4.21. The Morgan fingerprint density at radius 3 is 2.03 bits per heavy atom. The first kappa shape index (κ1) is 23.0. The average molecular weight is 455 g/mol. The molecular formula is C20H15F6N5O. The maximum absolute atomic E-state index is 13.3. The van der Waals surface area contributed by atoms with Gasteiger partial charge in [-0.25, -0.2) is 4.68 Å². The summed E-state index contributed by atoms with van der Waals surface area (Å²) in [5.74, 6) is -0.625. The molecule has 0 N–H and O–H groups in total. The number of halogens is 6. The number of carbonyl (C=O) groups is 1. The van der Waals surface area contributed by atoms with Gasteiger partial charge in [-0.05, 0) is 36.4 Å².